The van der Waals surface area contributed by atoms with Gasteiger partial charge in [0.2, 0.25) is 17.5 Å². The van der Waals surface area contributed by atoms with Crippen LogP contribution in [0, 0.1) is 5.92 Å². The van der Waals surface area contributed by atoms with Crippen LogP contribution in [0.4, 0.5) is 19.0 Å². The Morgan fingerprint density at radius 3 is 2.68 bits per heavy atom. The molecule has 13 heteroatoms. The maximum atomic E-state index is 13.3. The molecule has 1 aliphatic heterocycles. The van der Waals surface area contributed by atoms with Gasteiger partial charge >= 0.3 is 6.18 Å². The van der Waals surface area contributed by atoms with E-state index in [-0.39, 0.29) is 24.8 Å². The molecule has 4 aromatic rings. The highest BCUT2D eigenvalue weighted by atomic mass is 32.1. The molecule has 2 aliphatic rings. The summed E-state index contributed by atoms with van der Waals surface area (Å²) in [6, 6.07) is 2.07. The number of fused-ring (bicyclic) bond motifs is 2. The van der Waals surface area contributed by atoms with Crippen LogP contribution in [0.2, 0.25) is 0 Å². The van der Waals surface area contributed by atoms with Gasteiger partial charge in [-0.05, 0) is 31.2 Å². The first-order valence-electron chi connectivity index (χ1n) is 12.8. The zero-order valence-electron chi connectivity index (χ0n) is 20.5. The third-order valence-electron chi connectivity index (χ3n) is 7.07. The average molecular weight is 533 g/mol. The van der Waals surface area contributed by atoms with Crippen LogP contribution in [0.3, 0.4) is 0 Å². The van der Waals surface area contributed by atoms with Crippen molar-refractivity contribution in [2.45, 2.75) is 77.6 Å². The van der Waals surface area contributed by atoms with Crippen LogP contribution in [0.5, 0.6) is 0 Å². The van der Waals surface area contributed by atoms with Gasteiger partial charge in [0.25, 0.3) is 5.89 Å². The van der Waals surface area contributed by atoms with Crippen molar-refractivity contribution in [1.29, 1.82) is 0 Å². The Labute approximate surface area is 215 Å². The van der Waals surface area contributed by atoms with Gasteiger partial charge in [-0.2, -0.15) is 13.2 Å². The standard InChI is InChI=1S/C24H27F3N8OS/c1-2-6-15-12-16-20(34-9-10-35-17(13-34)30-33-23(35)24(25,26)27)28-19(29-22(16)37-15)21-32-31-18(36-21)11-14-7-4-3-5-8-14/h12,14H,2-11,13H2,1H3. The molecule has 37 heavy (non-hydrogen) atoms. The van der Waals surface area contributed by atoms with Crippen LogP contribution in [0.25, 0.3) is 21.9 Å². The SMILES string of the molecule is CCCc1cc2c(N3CCn4c(nnc4C(F)(F)F)C3)nc(-c3nnc(CC4CCCCC4)o3)nc2s1. The van der Waals surface area contributed by atoms with Crippen LogP contribution in [-0.4, -0.2) is 41.5 Å². The van der Waals surface area contributed by atoms with E-state index in [1.54, 1.807) is 11.3 Å². The largest absolute Gasteiger partial charge is 0.451 e. The van der Waals surface area contributed by atoms with Crippen molar-refractivity contribution in [2.24, 2.45) is 5.92 Å². The normalized spacial score (nSPS) is 17.0. The topological polar surface area (TPSA) is 98.7 Å². The Morgan fingerprint density at radius 1 is 1.05 bits per heavy atom. The second kappa shape index (κ2) is 9.66. The van der Waals surface area contributed by atoms with Gasteiger partial charge in [-0.3, -0.25) is 0 Å². The zero-order chi connectivity index (χ0) is 25.6. The van der Waals surface area contributed by atoms with Gasteiger partial charge in [-0.1, -0.05) is 32.6 Å². The number of thiophene rings is 1. The third-order valence-corrected chi connectivity index (χ3v) is 8.16. The first kappa shape index (κ1) is 24.3. The maximum Gasteiger partial charge on any atom is 0.451 e. The quantitative estimate of drug-likeness (QED) is 0.323. The van der Waals surface area contributed by atoms with Crippen molar-refractivity contribution < 1.29 is 17.6 Å². The molecule has 4 aromatic heterocycles. The Morgan fingerprint density at radius 2 is 1.89 bits per heavy atom. The molecule has 0 spiro atoms. The second-order valence-corrected chi connectivity index (χ2v) is 10.9. The van der Waals surface area contributed by atoms with E-state index in [9.17, 15) is 13.2 Å². The number of halogens is 3. The predicted octanol–water partition coefficient (Wildman–Crippen LogP) is 5.45. The van der Waals surface area contributed by atoms with Crippen LogP contribution < -0.4 is 4.90 Å². The smallest absolute Gasteiger partial charge is 0.418 e. The van der Waals surface area contributed by atoms with E-state index in [1.165, 1.54) is 37.0 Å². The molecule has 0 N–H and O–H groups in total. The van der Waals surface area contributed by atoms with Crippen LogP contribution in [0.1, 0.15) is 67.9 Å². The molecule has 5 heterocycles. The summed E-state index contributed by atoms with van der Waals surface area (Å²) in [5.74, 6) is 1.67. The summed E-state index contributed by atoms with van der Waals surface area (Å²) in [7, 11) is 0. The van der Waals surface area contributed by atoms with Gasteiger partial charge in [-0.25, -0.2) is 9.97 Å². The van der Waals surface area contributed by atoms with Gasteiger partial charge in [-0.15, -0.1) is 31.7 Å². The van der Waals surface area contributed by atoms with Crippen LogP contribution in [0.15, 0.2) is 10.5 Å². The van der Waals surface area contributed by atoms with E-state index in [1.807, 2.05) is 4.90 Å². The van der Waals surface area contributed by atoms with Gasteiger partial charge in [0.05, 0.1) is 11.9 Å². The molecule has 1 aliphatic carbocycles. The first-order chi connectivity index (χ1) is 17.9. The Bertz CT molecular complexity index is 1400. The van der Waals surface area contributed by atoms with Crippen molar-refractivity contribution in [1.82, 2.24) is 34.9 Å². The third kappa shape index (κ3) is 4.80. The van der Waals surface area contributed by atoms with E-state index in [0.29, 0.717) is 30.0 Å². The number of aromatic nitrogens is 7. The highest BCUT2D eigenvalue weighted by Crippen LogP contribution is 2.36. The van der Waals surface area contributed by atoms with E-state index < -0.39 is 12.0 Å². The van der Waals surface area contributed by atoms with Crippen molar-refractivity contribution in [3.8, 4) is 11.7 Å². The van der Waals surface area contributed by atoms with E-state index in [2.05, 4.69) is 33.4 Å². The Balaban J connectivity index is 1.34. The lowest BCUT2D eigenvalue weighted by molar-refractivity contribution is -0.147. The predicted molar refractivity (Wildman–Crippen MR) is 131 cm³/mol. The lowest BCUT2D eigenvalue weighted by Gasteiger charge is -2.29. The molecule has 0 bridgehead atoms. The molecule has 0 aromatic carbocycles. The van der Waals surface area contributed by atoms with Crippen molar-refractivity contribution >= 4 is 27.4 Å². The molecule has 196 valence electrons. The minimum Gasteiger partial charge on any atom is -0.418 e. The summed E-state index contributed by atoms with van der Waals surface area (Å²) in [5.41, 5.74) is 0. The summed E-state index contributed by atoms with van der Waals surface area (Å²) >= 11 is 1.59. The van der Waals surface area contributed by atoms with Crippen LogP contribution >= 0.6 is 11.3 Å². The van der Waals surface area contributed by atoms with Crippen molar-refractivity contribution in [3.05, 3.63) is 28.5 Å². The van der Waals surface area contributed by atoms with Gasteiger partial charge in [0.15, 0.2) is 5.82 Å². The van der Waals surface area contributed by atoms with Gasteiger partial charge < -0.3 is 13.9 Å². The Kier molecular flexibility index (Phi) is 6.33. The molecule has 0 saturated heterocycles. The minimum absolute atomic E-state index is 0.107. The lowest BCUT2D eigenvalue weighted by atomic mass is 9.87. The summed E-state index contributed by atoms with van der Waals surface area (Å²) in [4.78, 5) is 13.4. The minimum atomic E-state index is -4.54. The summed E-state index contributed by atoms with van der Waals surface area (Å²) in [6.45, 7) is 2.71. The molecule has 0 radical (unpaired) electrons. The van der Waals surface area contributed by atoms with Crippen LogP contribution in [-0.2, 0) is 32.1 Å². The molecule has 0 atom stereocenters. The lowest BCUT2D eigenvalue weighted by Crippen LogP contribution is -2.36. The number of alkyl halides is 3. The Hall–Kier alpha value is -3.09. The fourth-order valence-corrected chi connectivity index (χ4v) is 6.40. The summed E-state index contributed by atoms with van der Waals surface area (Å²) < 4.78 is 47.1. The number of hydrogen-bond acceptors (Lipinski definition) is 9. The number of rotatable bonds is 6. The van der Waals surface area contributed by atoms with Crippen molar-refractivity contribution in [3.63, 3.8) is 0 Å². The highest BCUT2D eigenvalue weighted by Gasteiger charge is 2.40. The van der Waals surface area contributed by atoms with Gasteiger partial charge in [0.1, 0.15) is 10.6 Å². The van der Waals surface area contributed by atoms with E-state index in [0.717, 1.165) is 34.0 Å². The number of anilines is 1. The number of hydrogen-bond donors (Lipinski definition) is 0. The fraction of sp³-hybridized carbons (Fsp3) is 0.583. The molecule has 0 amide bonds. The molecule has 1 fully saturated rings. The number of aryl methyl sites for hydroxylation is 1. The van der Waals surface area contributed by atoms with E-state index >= 15 is 0 Å². The summed E-state index contributed by atoms with van der Waals surface area (Å²) in [5, 5.41) is 16.6. The molecule has 9 nitrogen and oxygen atoms in total. The maximum absolute atomic E-state index is 13.3. The molecular weight excluding hydrogens is 505 g/mol. The molecule has 1 saturated carbocycles. The molecule has 6 rings (SSSR count). The molecular formula is C24H27F3N8OS. The van der Waals surface area contributed by atoms with Gasteiger partial charge in [0, 0.05) is 24.4 Å². The average Bonchev–Trinajstić information content (AvgIpc) is 3.61. The van der Waals surface area contributed by atoms with Crippen molar-refractivity contribution in [2.75, 3.05) is 11.4 Å². The molecule has 0 unspecified atom stereocenters. The number of nitrogens with zero attached hydrogens (tertiary/aromatic N) is 8. The fourth-order valence-electron chi connectivity index (χ4n) is 5.28. The highest BCUT2D eigenvalue weighted by molar-refractivity contribution is 7.18. The zero-order valence-corrected chi connectivity index (χ0v) is 21.3. The second-order valence-electron chi connectivity index (χ2n) is 9.77. The summed E-state index contributed by atoms with van der Waals surface area (Å²) in [6.07, 6.45) is 4.22. The monoisotopic (exact) mass is 532 g/mol. The first-order valence-corrected chi connectivity index (χ1v) is 13.6. The van der Waals surface area contributed by atoms with E-state index in [4.69, 9.17) is 14.4 Å².